The molecule has 3 fully saturated rings. The number of allylic oxidation sites excluding steroid dienone is 4. The maximum atomic E-state index is 16.9. The lowest BCUT2D eigenvalue weighted by atomic mass is 9.44. The van der Waals surface area contributed by atoms with E-state index >= 15 is 4.39 Å². The largest absolute Gasteiger partial charge is 0.390 e. The van der Waals surface area contributed by atoms with Crippen molar-refractivity contribution in [3.63, 3.8) is 0 Å². The van der Waals surface area contributed by atoms with Crippen LogP contribution >= 0.6 is 12.4 Å². The molecule has 3 saturated carbocycles. The molecule has 0 saturated heterocycles. The molecular weight excluding hydrogens is 397 g/mol. The number of hydrogen-bond donors (Lipinski definition) is 3. The van der Waals surface area contributed by atoms with Crippen molar-refractivity contribution in [3.05, 3.63) is 23.8 Å². The number of aliphatic hydroxyl groups is 2. The molecular formula is C22H31ClFNO4. The van der Waals surface area contributed by atoms with E-state index in [4.69, 9.17) is 5.73 Å². The number of rotatable bonds is 2. The highest BCUT2D eigenvalue weighted by Crippen LogP contribution is 2.70. The van der Waals surface area contributed by atoms with Gasteiger partial charge in [0.05, 0.1) is 12.6 Å². The van der Waals surface area contributed by atoms with Gasteiger partial charge in [0.25, 0.3) is 0 Å². The van der Waals surface area contributed by atoms with Gasteiger partial charge in [0, 0.05) is 16.7 Å². The van der Waals surface area contributed by atoms with Gasteiger partial charge in [-0.2, -0.15) is 0 Å². The summed E-state index contributed by atoms with van der Waals surface area (Å²) in [6.45, 7) is 5.11. The van der Waals surface area contributed by atoms with Gasteiger partial charge in [0.1, 0.15) is 5.60 Å². The molecule has 0 aromatic heterocycles. The van der Waals surface area contributed by atoms with Crippen LogP contribution in [0.2, 0.25) is 0 Å². The molecule has 4 N–H and O–H groups in total. The standard InChI is InChI=1S/C22H30FNO4.ClH/c1-12-8-16-15-5-4-13-9-14(25)6-7-19(13,2)21(15,23)17(26)10-20(16,3)22(12,28)18(27)11-24;/h6-7,9,12,15-17,26,28H,4-5,8,10-11,24H2,1-3H3;1H/t12-,15-,16-,17-,19-,20-,21?,22-;/m0./s1. The average molecular weight is 428 g/mol. The number of halogens is 2. The molecule has 0 heterocycles. The number of ketones is 2. The summed E-state index contributed by atoms with van der Waals surface area (Å²) in [6, 6.07) is 0. The van der Waals surface area contributed by atoms with E-state index in [1.54, 1.807) is 13.0 Å². The molecule has 5 nitrogen and oxygen atoms in total. The Hall–Kier alpha value is -1.08. The lowest BCUT2D eigenvalue weighted by molar-refractivity contribution is -0.218. The van der Waals surface area contributed by atoms with Crippen molar-refractivity contribution in [1.82, 2.24) is 0 Å². The first kappa shape index (κ1) is 22.6. The molecule has 0 bridgehead atoms. The highest BCUT2D eigenvalue weighted by molar-refractivity contribution is 6.01. The van der Waals surface area contributed by atoms with Crippen LogP contribution in [0.5, 0.6) is 0 Å². The van der Waals surface area contributed by atoms with Crippen molar-refractivity contribution in [2.45, 2.75) is 63.8 Å². The number of hydrogen-bond acceptors (Lipinski definition) is 5. The van der Waals surface area contributed by atoms with Crippen LogP contribution in [0.15, 0.2) is 23.8 Å². The topological polar surface area (TPSA) is 101 Å². The fraction of sp³-hybridized carbons (Fsp3) is 0.727. The molecule has 0 radical (unpaired) electrons. The lowest BCUT2D eigenvalue weighted by Gasteiger charge is -2.62. The van der Waals surface area contributed by atoms with Crippen molar-refractivity contribution in [3.8, 4) is 0 Å². The van der Waals surface area contributed by atoms with Gasteiger partial charge in [-0.25, -0.2) is 4.39 Å². The molecule has 4 aliphatic rings. The Bertz CT molecular complexity index is 815. The molecule has 7 heteroatoms. The summed E-state index contributed by atoms with van der Waals surface area (Å²) in [5.74, 6) is -1.71. The van der Waals surface area contributed by atoms with Crippen LogP contribution in [0, 0.1) is 28.6 Å². The summed E-state index contributed by atoms with van der Waals surface area (Å²) >= 11 is 0. The van der Waals surface area contributed by atoms with Crippen LogP contribution in [0.3, 0.4) is 0 Å². The second-order valence-electron chi connectivity index (χ2n) is 9.80. The van der Waals surface area contributed by atoms with Crippen LogP contribution in [0.4, 0.5) is 4.39 Å². The molecule has 162 valence electrons. The number of fused-ring (bicyclic) bond motifs is 5. The molecule has 4 aliphatic carbocycles. The first-order chi connectivity index (χ1) is 13.0. The van der Waals surface area contributed by atoms with Gasteiger partial charge in [0.15, 0.2) is 17.2 Å². The third kappa shape index (κ3) is 2.43. The fourth-order valence-electron chi connectivity index (χ4n) is 7.30. The molecule has 0 aromatic carbocycles. The quantitative estimate of drug-likeness (QED) is 0.627. The van der Waals surface area contributed by atoms with E-state index in [-0.39, 0.29) is 43.0 Å². The van der Waals surface area contributed by atoms with Crippen LogP contribution < -0.4 is 5.73 Å². The second kappa shape index (κ2) is 6.71. The molecule has 4 rings (SSSR count). The molecule has 0 spiro atoms. The molecule has 29 heavy (non-hydrogen) atoms. The number of Topliss-reactive ketones (excluding diaryl/α,β-unsaturated/α-hetero) is 1. The maximum Gasteiger partial charge on any atom is 0.178 e. The summed E-state index contributed by atoms with van der Waals surface area (Å²) in [4.78, 5) is 24.5. The van der Waals surface area contributed by atoms with E-state index in [0.717, 1.165) is 5.57 Å². The van der Waals surface area contributed by atoms with Crippen LogP contribution in [-0.2, 0) is 9.59 Å². The van der Waals surface area contributed by atoms with E-state index in [9.17, 15) is 19.8 Å². The predicted octanol–water partition coefficient (Wildman–Crippen LogP) is 2.28. The first-order valence-corrected chi connectivity index (χ1v) is 10.2. The normalized spacial score (nSPS) is 50.7. The third-order valence-corrected chi connectivity index (χ3v) is 8.83. The molecule has 8 atom stereocenters. The van der Waals surface area contributed by atoms with E-state index in [1.165, 1.54) is 12.2 Å². The smallest absolute Gasteiger partial charge is 0.178 e. The van der Waals surface area contributed by atoms with Crippen molar-refractivity contribution in [1.29, 1.82) is 0 Å². The fourth-order valence-corrected chi connectivity index (χ4v) is 7.30. The van der Waals surface area contributed by atoms with Crippen LogP contribution in [-0.4, -0.2) is 45.7 Å². The third-order valence-electron chi connectivity index (χ3n) is 8.83. The van der Waals surface area contributed by atoms with Gasteiger partial charge < -0.3 is 15.9 Å². The van der Waals surface area contributed by atoms with Gasteiger partial charge in [-0.15, -0.1) is 12.4 Å². The van der Waals surface area contributed by atoms with Crippen molar-refractivity contribution in [2.24, 2.45) is 34.3 Å². The van der Waals surface area contributed by atoms with Crippen LogP contribution in [0.1, 0.15) is 46.5 Å². The Morgan fingerprint density at radius 1 is 1.34 bits per heavy atom. The average Bonchev–Trinajstić information content (AvgIpc) is 2.84. The second-order valence-corrected chi connectivity index (χ2v) is 9.80. The highest BCUT2D eigenvalue weighted by atomic mass is 35.5. The summed E-state index contributed by atoms with van der Waals surface area (Å²) in [6.07, 6.45) is 4.70. The summed E-state index contributed by atoms with van der Waals surface area (Å²) in [5.41, 5.74) is 0.711. The van der Waals surface area contributed by atoms with E-state index in [1.807, 2.05) is 13.8 Å². The zero-order chi connectivity index (χ0) is 20.7. The Morgan fingerprint density at radius 2 is 2.00 bits per heavy atom. The van der Waals surface area contributed by atoms with E-state index in [2.05, 4.69) is 0 Å². The number of alkyl halides is 1. The lowest BCUT2D eigenvalue weighted by Crippen LogP contribution is -2.69. The summed E-state index contributed by atoms with van der Waals surface area (Å²) < 4.78 is 16.9. The van der Waals surface area contributed by atoms with Crippen LogP contribution in [0.25, 0.3) is 0 Å². The Kier molecular flexibility index (Phi) is 5.23. The maximum absolute atomic E-state index is 16.9. The number of carbonyl (C=O) groups excluding carboxylic acids is 2. The van der Waals surface area contributed by atoms with Crippen molar-refractivity contribution >= 4 is 24.0 Å². The van der Waals surface area contributed by atoms with E-state index in [0.29, 0.717) is 19.3 Å². The minimum absolute atomic E-state index is 0. The highest BCUT2D eigenvalue weighted by Gasteiger charge is 2.75. The van der Waals surface area contributed by atoms with Crippen molar-refractivity contribution < 1.29 is 24.2 Å². The van der Waals surface area contributed by atoms with E-state index < -0.39 is 39.9 Å². The first-order valence-electron chi connectivity index (χ1n) is 10.2. The van der Waals surface area contributed by atoms with Gasteiger partial charge in [-0.05, 0) is 56.6 Å². The molecule has 0 aromatic rings. The van der Waals surface area contributed by atoms with Crippen molar-refractivity contribution in [2.75, 3.05) is 6.54 Å². The number of aliphatic hydroxyl groups excluding tert-OH is 1. The Morgan fingerprint density at radius 3 is 2.62 bits per heavy atom. The summed E-state index contributed by atoms with van der Waals surface area (Å²) in [7, 11) is 0. The minimum atomic E-state index is -1.95. The predicted molar refractivity (Wildman–Crippen MR) is 109 cm³/mol. The zero-order valence-electron chi connectivity index (χ0n) is 17.2. The minimum Gasteiger partial charge on any atom is -0.390 e. The van der Waals surface area contributed by atoms with Gasteiger partial charge in [-0.1, -0.05) is 25.5 Å². The SMILES string of the molecule is C[C@H]1C[C@H]2[C@@H]3CCC4=CC(=O)C=C[C@]4(C)C3(F)[C@@H](O)C[C@]2(C)[C@@]1(O)C(=O)CN.Cl. The van der Waals surface area contributed by atoms with Gasteiger partial charge in [0.2, 0.25) is 0 Å². The van der Waals surface area contributed by atoms with Gasteiger partial charge in [-0.3, -0.25) is 9.59 Å². The molecule has 1 unspecified atom stereocenters. The number of nitrogens with two attached hydrogens (primary N) is 1. The molecule has 0 amide bonds. The monoisotopic (exact) mass is 427 g/mol. The Balaban J connectivity index is 0.00000240. The Labute approximate surface area is 177 Å². The van der Waals surface area contributed by atoms with Gasteiger partial charge >= 0.3 is 0 Å². The summed E-state index contributed by atoms with van der Waals surface area (Å²) in [5, 5.41) is 22.6. The molecule has 0 aliphatic heterocycles. The zero-order valence-corrected chi connectivity index (χ0v) is 18.0. The number of carbonyl (C=O) groups is 2.